The van der Waals surface area contributed by atoms with Crippen molar-refractivity contribution >= 4 is 24.1 Å². The van der Waals surface area contributed by atoms with Gasteiger partial charge in [-0.05, 0) is 42.2 Å². The van der Waals surface area contributed by atoms with Gasteiger partial charge >= 0.3 is 6.09 Å². The van der Waals surface area contributed by atoms with Crippen molar-refractivity contribution in [1.82, 2.24) is 0 Å². The highest BCUT2D eigenvalue weighted by Gasteiger charge is 2.40. The molecular weight excluding hydrogens is 348 g/mol. The molecule has 4 heteroatoms. The number of rotatable bonds is 2. The summed E-state index contributed by atoms with van der Waals surface area (Å²) in [5, 5.41) is 0. The van der Waals surface area contributed by atoms with Gasteiger partial charge in [-0.1, -0.05) is 37.3 Å². The lowest BCUT2D eigenvalue weighted by Gasteiger charge is -2.36. The lowest BCUT2D eigenvalue weighted by atomic mass is 9.82. The molecule has 4 rings (SSSR count). The van der Waals surface area contributed by atoms with Gasteiger partial charge in [-0.3, -0.25) is 4.90 Å². The summed E-state index contributed by atoms with van der Waals surface area (Å²) in [6, 6.07) is 14.9. The van der Waals surface area contributed by atoms with Crippen LogP contribution in [0, 0.1) is 6.92 Å². The number of carbonyl (C=O) groups excluding carboxylic acids is 1. The minimum absolute atomic E-state index is 0.0650. The number of benzene rings is 2. The molecule has 0 N–H and O–H groups in total. The normalized spacial score (nSPS) is 18.6. The number of hydrogen-bond donors (Lipinski definition) is 0. The maximum absolute atomic E-state index is 12.5. The third-order valence-electron chi connectivity index (χ3n) is 6.05. The Morgan fingerprint density at radius 1 is 1.29 bits per heavy atom. The fourth-order valence-corrected chi connectivity index (χ4v) is 4.57. The van der Waals surface area contributed by atoms with Crippen LogP contribution < -0.4 is 4.90 Å². The highest BCUT2D eigenvalue weighted by molar-refractivity contribution is 5.96. The van der Waals surface area contributed by atoms with Crippen LogP contribution in [0.25, 0.3) is 5.57 Å². The van der Waals surface area contributed by atoms with Crippen LogP contribution in [0.4, 0.5) is 10.5 Å². The minimum atomic E-state index is -0.322. The second-order valence-electron chi connectivity index (χ2n) is 7.58. The van der Waals surface area contributed by atoms with Crippen molar-refractivity contribution < 1.29 is 14.1 Å². The average molecular weight is 375 g/mol. The SMILES string of the molecule is C=[N+]1CCC2=C(CN(C(=O)OC)c3ccccc32)C1c1ccc(C)c(CC)c1. The molecule has 0 aromatic heterocycles. The summed E-state index contributed by atoms with van der Waals surface area (Å²) in [6.45, 7) is 10.1. The van der Waals surface area contributed by atoms with Crippen LogP contribution in [0.2, 0.25) is 0 Å². The van der Waals surface area contributed by atoms with Crippen LogP contribution in [-0.4, -0.2) is 37.6 Å². The summed E-state index contributed by atoms with van der Waals surface area (Å²) in [6.07, 6.45) is 1.62. The number of hydrogen-bond acceptors (Lipinski definition) is 2. The predicted molar refractivity (Wildman–Crippen MR) is 113 cm³/mol. The molecule has 2 aliphatic rings. The summed E-state index contributed by atoms with van der Waals surface area (Å²) in [5.41, 5.74) is 8.58. The summed E-state index contributed by atoms with van der Waals surface area (Å²) in [5.74, 6) is 0. The van der Waals surface area contributed by atoms with Crippen molar-refractivity contribution in [1.29, 1.82) is 0 Å². The predicted octanol–water partition coefficient (Wildman–Crippen LogP) is 4.76. The monoisotopic (exact) mass is 375 g/mol. The van der Waals surface area contributed by atoms with E-state index in [4.69, 9.17) is 4.74 Å². The highest BCUT2D eigenvalue weighted by Crippen LogP contribution is 2.44. The topological polar surface area (TPSA) is 32.5 Å². The highest BCUT2D eigenvalue weighted by atomic mass is 16.5. The number of fused-ring (bicyclic) bond motifs is 2. The van der Waals surface area contributed by atoms with Gasteiger partial charge in [0.15, 0.2) is 0 Å². The number of anilines is 1. The largest absolute Gasteiger partial charge is 0.452 e. The first-order valence-electron chi connectivity index (χ1n) is 9.88. The van der Waals surface area contributed by atoms with Gasteiger partial charge in [-0.25, -0.2) is 9.37 Å². The second-order valence-corrected chi connectivity index (χ2v) is 7.58. The van der Waals surface area contributed by atoms with Gasteiger partial charge in [0.1, 0.15) is 13.3 Å². The summed E-state index contributed by atoms with van der Waals surface area (Å²) >= 11 is 0. The standard InChI is InChI=1S/C24H27N2O2/c1-5-17-14-18(11-10-16(17)2)23-21-15-26(24(27)28-4)22-9-7-6-8-20(22)19(21)12-13-25(23)3/h6-11,14,23H,3,5,12-13,15H2,1-2,4H3/q+1. The van der Waals surface area contributed by atoms with Gasteiger partial charge in [-0.2, -0.15) is 0 Å². The lowest BCUT2D eigenvalue weighted by molar-refractivity contribution is -0.557. The molecule has 4 nitrogen and oxygen atoms in total. The van der Waals surface area contributed by atoms with Gasteiger partial charge in [0.2, 0.25) is 6.04 Å². The molecule has 0 radical (unpaired) electrons. The Morgan fingerprint density at radius 3 is 2.82 bits per heavy atom. The van der Waals surface area contributed by atoms with Gasteiger partial charge in [0.05, 0.1) is 19.3 Å². The van der Waals surface area contributed by atoms with E-state index in [9.17, 15) is 4.79 Å². The summed E-state index contributed by atoms with van der Waals surface area (Å²) in [4.78, 5) is 14.3. The number of methoxy groups -OCH3 is 1. The number of para-hydroxylation sites is 1. The zero-order valence-corrected chi connectivity index (χ0v) is 16.9. The summed E-state index contributed by atoms with van der Waals surface area (Å²) in [7, 11) is 1.44. The number of nitrogens with zero attached hydrogens (tertiary/aromatic N) is 2. The minimum Gasteiger partial charge on any atom is -0.452 e. The van der Waals surface area contributed by atoms with Gasteiger partial charge in [0, 0.05) is 23.1 Å². The van der Waals surface area contributed by atoms with Crippen LogP contribution in [-0.2, 0) is 11.2 Å². The van der Waals surface area contributed by atoms with Crippen molar-refractivity contribution in [3.05, 3.63) is 70.3 Å². The van der Waals surface area contributed by atoms with E-state index < -0.39 is 0 Å². The molecule has 1 amide bonds. The van der Waals surface area contributed by atoms with E-state index in [0.29, 0.717) is 6.54 Å². The van der Waals surface area contributed by atoms with E-state index in [1.54, 1.807) is 4.90 Å². The zero-order valence-electron chi connectivity index (χ0n) is 16.9. The molecule has 0 saturated heterocycles. The van der Waals surface area contributed by atoms with Crippen LogP contribution in [0.15, 0.2) is 48.0 Å². The fourth-order valence-electron chi connectivity index (χ4n) is 4.57. The molecule has 2 aliphatic heterocycles. The third-order valence-corrected chi connectivity index (χ3v) is 6.05. The molecule has 144 valence electrons. The van der Waals surface area contributed by atoms with Crippen LogP contribution >= 0.6 is 0 Å². The Labute approximate surface area is 166 Å². The van der Waals surface area contributed by atoms with Gasteiger partial charge < -0.3 is 4.74 Å². The maximum Gasteiger partial charge on any atom is 0.414 e. The third kappa shape index (κ3) is 2.93. The second kappa shape index (κ2) is 7.27. The first-order chi connectivity index (χ1) is 13.5. The molecule has 0 fully saturated rings. The van der Waals surface area contributed by atoms with Crippen LogP contribution in [0.1, 0.15) is 41.6 Å². The molecule has 2 aromatic carbocycles. The van der Waals surface area contributed by atoms with Crippen molar-refractivity contribution in [2.75, 3.05) is 25.1 Å². The van der Waals surface area contributed by atoms with E-state index in [0.717, 1.165) is 30.6 Å². The smallest absolute Gasteiger partial charge is 0.414 e. The molecular formula is C24H27N2O2+. The van der Waals surface area contributed by atoms with E-state index in [1.807, 2.05) is 18.2 Å². The fraction of sp³-hybridized carbons (Fsp3) is 0.333. The van der Waals surface area contributed by atoms with Crippen LogP contribution in [0.3, 0.4) is 0 Å². The van der Waals surface area contributed by atoms with Crippen molar-refractivity contribution in [3.8, 4) is 0 Å². The van der Waals surface area contributed by atoms with Crippen LogP contribution in [0.5, 0.6) is 0 Å². The van der Waals surface area contributed by atoms with E-state index in [1.165, 1.54) is 34.9 Å². The number of aryl methyl sites for hydroxylation is 2. The Bertz CT molecular complexity index is 990. The van der Waals surface area contributed by atoms with E-state index >= 15 is 0 Å². The molecule has 28 heavy (non-hydrogen) atoms. The van der Waals surface area contributed by atoms with Crippen molar-refractivity contribution in [2.24, 2.45) is 0 Å². The molecule has 1 atom stereocenters. The average Bonchev–Trinajstić information content (AvgIpc) is 2.73. The zero-order chi connectivity index (χ0) is 19.8. The molecule has 0 aliphatic carbocycles. The van der Waals surface area contributed by atoms with E-state index in [2.05, 4.69) is 49.4 Å². The van der Waals surface area contributed by atoms with Gasteiger partial charge in [-0.15, -0.1) is 0 Å². The molecule has 0 spiro atoms. The lowest BCUT2D eigenvalue weighted by Crippen LogP contribution is -2.40. The molecule has 0 bridgehead atoms. The van der Waals surface area contributed by atoms with Gasteiger partial charge in [0.25, 0.3) is 0 Å². The maximum atomic E-state index is 12.5. The number of ether oxygens (including phenoxy) is 1. The number of amides is 1. The summed E-state index contributed by atoms with van der Waals surface area (Å²) < 4.78 is 7.24. The quantitative estimate of drug-likeness (QED) is 0.709. The molecule has 1 unspecified atom stereocenters. The number of carbonyl (C=O) groups is 1. The Morgan fingerprint density at radius 2 is 2.07 bits per heavy atom. The molecule has 0 saturated carbocycles. The van der Waals surface area contributed by atoms with Crippen molar-refractivity contribution in [2.45, 2.75) is 32.7 Å². The first-order valence-corrected chi connectivity index (χ1v) is 9.88. The molecule has 2 heterocycles. The van der Waals surface area contributed by atoms with E-state index in [-0.39, 0.29) is 12.1 Å². The Balaban J connectivity index is 1.88. The Kier molecular flexibility index (Phi) is 4.80. The van der Waals surface area contributed by atoms with Crippen molar-refractivity contribution in [3.63, 3.8) is 0 Å². The first kappa shape index (κ1) is 18.5. The Hall–Kier alpha value is -2.88. The molecule has 2 aromatic rings.